The predicted molar refractivity (Wildman–Crippen MR) is 85.0 cm³/mol. The second-order valence-corrected chi connectivity index (χ2v) is 6.62. The summed E-state index contributed by atoms with van der Waals surface area (Å²) in [5.74, 6) is 1.44. The van der Waals surface area contributed by atoms with E-state index in [9.17, 15) is 9.59 Å². The summed E-state index contributed by atoms with van der Waals surface area (Å²) in [7, 11) is 0. The number of rotatable bonds is 4. The van der Waals surface area contributed by atoms with E-state index in [0.29, 0.717) is 31.3 Å². The molecule has 132 valence electrons. The molecule has 0 bridgehead atoms. The molecule has 0 saturated carbocycles. The minimum Gasteiger partial charge on any atom is -0.467 e. The molecule has 0 aliphatic carbocycles. The molecular formula is C17H20N4O4. The molecule has 8 heteroatoms. The molecule has 25 heavy (non-hydrogen) atoms. The molecule has 0 radical (unpaired) electrons. The van der Waals surface area contributed by atoms with Crippen LogP contribution in [0.4, 0.5) is 0 Å². The zero-order valence-corrected chi connectivity index (χ0v) is 14.1. The third-order valence-corrected chi connectivity index (χ3v) is 4.87. The molecule has 2 aliphatic rings. The van der Waals surface area contributed by atoms with Crippen molar-refractivity contribution in [2.24, 2.45) is 5.92 Å². The lowest BCUT2D eigenvalue weighted by Crippen LogP contribution is -2.37. The fourth-order valence-electron chi connectivity index (χ4n) is 3.66. The molecule has 0 spiro atoms. The van der Waals surface area contributed by atoms with Crippen molar-refractivity contribution in [2.45, 2.75) is 38.8 Å². The number of nitrogens with zero attached hydrogens (tertiary/aromatic N) is 4. The van der Waals surface area contributed by atoms with E-state index in [2.05, 4.69) is 10.1 Å². The van der Waals surface area contributed by atoms with Gasteiger partial charge in [-0.2, -0.15) is 4.98 Å². The Labute approximate surface area is 144 Å². The molecule has 0 N–H and O–H groups in total. The van der Waals surface area contributed by atoms with Crippen molar-refractivity contribution >= 4 is 11.8 Å². The maximum Gasteiger partial charge on any atom is 0.228 e. The summed E-state index contributed by atoms with van der Waals surface area (Å²) in [6.07, 6.45) is 3.55. The van der Waals surface area contributed by atoms with Crippen LogP contribution in [0.15, 0.2) is 27.3 Å². The molecule has 2 atom stereocenters. The topological polar surface area (TPSA) is 92.7 Å². The Kier molecular flexibility index (Phi) is 4.03. The highest BCUT2D eigenvalue weighted by atomic mass is 16.5. The number of carbonyl (C=O) groups excluding carboxylic acids is 2. The smallest absolute Gasteiger partial charge is 0.228 e. The summed E-state index contributed by atoms with van der Waals surface area (Å²) in [6, 6.07) is 3.47. The Morgan fingerprint density at radius 1 is 1.44 bits per heavy atom. The number of aromatic nitrogens is 2. The molecule has 2 aliphatic heterocycles. The lowest BCUT2D eigenvalue weighted by Gasteiger charge is -2.25. The summed E-state index contributed by atoms with van der Waals surface area (Å²) < 4.78 is 10.4. The van der Waals surface area contributed by atoms with Crippen molar-refractivity contribution < 1.29 is 18.5 Å². The number of aryl methyl sites for hydroxylation is 1. The van der Waals surface area contributed by atoms with Crippen LogP contribution in [0.1, 0.15) is 42.8 Å². The standard InChI is InChI=1S/C17H20N4O4/c1-11-18-16(19-25-11)14-5-2-6-21(14)17(23)12-8-15(22)20(9-12)10-13-4-3-7-24-13/h3-4,7,12,14H,2,5-6,8-10H2,1H3/t12-,14+/m1/s1. The minimum atomic E-state index is -0.323. The second kappa shape index (κ2) is 6.34. The number of furan rings is 1. The molecule has 2 aromatic rings. The number of likely N-dealkylation sites (tertiary alicyclic amines) is 2. The molecule has 2 fully saturated rings. The number of hydrogen-bond acceptors (Lipinski definition) is 6. The van der Waals surface area contributed by atoms with Gasteiger partial charge in [-0.1, -0.05) is 5.16 Å². The third-order valence-electron chi connectivity index (χ3n) is 4.87. The summed E-state index contributed by atoms with van der Waals surface area (Å²) in [4.78, 5) is 33.0. The Morgan fingerprint density at radius 2 is 2.32 bits per heavy atom. The molecule has 0 unspecified atom stereocenters. The van der Waals surface area contributed by atoms with Gasteiger partial charge in [0.15, 0.2) is 5.82 Å². The van der Waals surface area contributed by atoms with Crippen LogP contribution in [-0.2, 0) is 16.1 Å². The first kappa shape index (κ1) is 15.9. The van der Waals surface area contributed by atoms with Gasteiger partial charge in [-0.25, -0.2) is 0 Å². The largest absolute Gasteiger partial charge is 0.467 e. The van der Waals surface area contributed by atoms with Gasteiger partial charge >= 0.3 is 0 Å². The first-order valence-corrected chi connectivity index (χ1v) is 8.52. The van der Waals surface area contributed by atoms with Crippen LogP contribution in [0.5, 0.6) is 0 Å². The molecule has 4 rings (SSSR count). The van der Waals surface area contributed by atoms with Gasteiger partial charge in [0.1, 0.15) is 5.76 Å². The monoisotopic (exact) mass is 344 g/mol. The second-order valence-electron chi connectivity index (χ2n) is 6.62. The van der Waals surface area contributed by atoms with Gasteiger partial charge in [-0.15, -0.1) is 0 Å². The van der Waals surface area contributed by atoms with Gasteiger partial charge in [-0.05, 0) is 25.0 Å². The first-order chi connectivity index (χ1) is 12.1. The van der Waals surface area contributed by atoms with Crippen molar-refractivity contribution in [1.29, 1.82) is 0 Å². The van der Waals surface area contributed by atoms with E-state index in [-0.39, 0.29) is 30.2 Å². The number of carbonyl (C=O) groups is 2. The maximum absolute atomic E-state index is 13.0. The van der Waals surface area contributed by atoms with Gasteiger partial charge in [0.25, 0.3) is 0 Å². The van der Waals surface area contributed by atoms with E-state index < -0.39 is 0 Å². The van der Waals surface area contributed by atoms with Crippen LogP contribution < -0.4 is 0 Å². The molecule has 8 nitrogen and oxygen atoms in total. The van der Waals surface area contributed by atoms with Crippen molar-refractivity contribution in [2.75, 3.05) is 13.1 Å². The van der Waals surface area contributed by atoms with E-state index in [0.717, 1.165) is 18.6 Å². The molecular weight excluding hydrogens is 324 g/mol. The number of hydrogen-bond donors (Lipinski definition) is 0. The summed E-state index contributed by atoms with van der Waals surface area (Å²) in [6.45, 7) is 3.23. The van der Waals surface area contributed by atoms with E-state index in [1.54, 1.807) is 29.1 Å². The Bertz CT molecular complexity index is 769. The van der Waals surface area contributed by atoms with E-state index in [1.165, 1.54) is 0 Å². The van der Waals surface area contributed by atoms with Gasteiger partial charge in [0.2, 0.25) is 17.7 Å². The highest BCUT2D eigenvalue weighted by Crippen LogP contribution is 2.33. The first-order valence-electron chi connectivity index (χ1n) is 8.52. The highest BCUT2D eigenvalue weighted by Gasteiger charge is 2.41. The van der Waals surface area contributed by atoms with Gasteiger partial charge in [0.05, 0.1) is 24.8 Å². The van der Waals surface area contributed by atoms with Crippen LogP contribution in [0.2, 0.25) is 0 Å². The lowest BCUT2D eigenvalue weighted by molar-refractivity contribution is -0.136. The quantitative estimate of drug-likeness (QED) is 0.838. The van der Waals surface area contributed by atoms with Gasteiger partial charge < -0.3 is 18.7 Å². The molecule has 4 heterocycles. The van der Waals surface area contributed by atoms with Crippen LogP contribution in [0.25, 0.3) is 0 Å². The Morgan fingerprint density at radius 3 is 3.04 bits per heavy atom. The van der Waals surface area contributed by atoms with Crippen molar-refractivity contribution in [1.82, 2.24) is 19.9 Å². The molecule has 2 aromatic heterocycles. The van der Waals surface area contributed by atoms with Gasteiger partial charge in [-0.3, -0.25) is 9.59 Å². The Balaban J connectivity index is 1.44. The van der Waals surface area contributed by atoms with Crippen LogP contribution in [0.3, 0.4) is 0 Å². The molecule has 0 aromatic carbocycles. The normalized spacial score (nSPS) is 23.6. The van der Waals surface area contributed by atoms with Crippen LogP contribution >= 0.6 is 0 Å². The van der Waals surface area contributed by atoms with Crippen LogP contribution in [-0.4, -0.2) is 44.8 Å². The van der Waals surface area contributed by atoms with Crippen LogP contribution in [0, 0.1) is 12.8 Å². The lowest BCUT2D eigenvalue weighted by atomic mass is 10.1. The van der Waals surface area contributed by atoms with E-state index >= 15 is 0 Å². The van der Waals surface area contributed by atoms with Crippen molar-refractivity contribution in [3.63, 3.8) is 0 Å². The van der Waals surface area contributed by atoms with Crippen molar-refractivity contribution in [3.05, 3.63) is 35.9 Å². The number of amides is 2. The fourth-order valence-corrected chi connectivity index (χ4v) is 3.66. The third kappa shape index (κ3) is 3.04. The Hall–Kier alpha value is -2.64. The van der Waals surface area contributed by atoms with E-state index in [4.69, 9.17) is 8.94 Å². The summed E-state index contributed by atoms with van der Waals surface area (Å²) in [5.41, 5.74) is 0. The highest BCUT2D eigenvalue weighted by molar-refractivity contribution is 5.89. The minimum absolute atomic E-state index is 0.000230. The van der Waals surface area contributed by atoms with E-state index in [1.807, 2.05) is 6.07 Å². The molecule has 2 amide bonds. The van der Waals surface area contributed by atoms with Crippen molar-refractivity contribution in [3.8, 4) is 0 Å². The maximum atomic E-state index is 13.0. The SMILES string of the molecule is Cc1nc([C@@H]2CCCN2C(=O)[C@@H]2CC(=O)N(Cc3ccco3)C2)no1. The summed E-state index contributed by atoms with van der Waals surface area (Å²) >= 11 is 0. The average Bonchev–Trinajstić information content (AvgIpc) is 3.35. The average molecular weight is 344 g/mol. The molecule has 2 saturated heterocycles. The zero-order chi connectivity index (χ0) is 17.4. The van der Waals surface area contributed by atoms with Gasteiger partial charge in [0, 0.05) is 26.4 Å². The zero-order valence-electron chi connectivity index (χ0n) is 14.1. The summed E-state index contributed by atoms with van der Waals surface area (Å²) in [5, 5.41) is 3.97. The fraction of sp³-hybridized carbons (Fsp3) is 0.529. The predicted octanol–water partition coefficient (Wildman–Crippen LogP) is 1.68.